The molecule has 140 valence electrons. The van der Waals surface area contributed by atoms with Crippen LogP contribution in [0, 0.1) is 0 Å². The molecule has 3 heterocycles. The van der Waals surface area contributed by atoms with Crippen molar-refractivity contribution in [3.05, 3.63) is 53.9 Å². The number of fused-ring (bicyclic) bond motifs is 1. The minimum atomic E-state index is -0.0817. The minimum absolute atomic E-state index is 0.0817. The van der Waals surface area contributed by atoms with Gasteiger partial charge in [0.15, 0.2) is 5.65 Å². The van der Waals surface area contributed by atoms with Crippen molar-refractivity contribution >= 4 is 34.5 Å². The van der Waals surface area contributed by atoms with E-state index >= 15 is 0 Å². The predicted octanol–water partition coefficient (Wildman–Crippen LogP) is 2.93. The fourth-order valence-corrected chi connectivity index (χ4v) is 3.44. The summed E-state index contributed by atoms with van der Waals surface area (Å²) in [5, 5.41) is 3.52. The second kappa shape index (κ2) is 7.94. The number of hydrogen-bond donors (Lipinski definition) is 1. The Morgan fingerprint density at radius 1 is 1.07 bits per heavy atom. The molecule has 3 aromatic rings. The number of rotatable bonds is 4. The molecule has 2 amide bonds. The van der Waals surface area contributed by atoms with Crippen molar-refractivity contribution < 1.29 is 4.79 Å². The van der Waals surface area contributed by atoms with Gasteiger partial charge in [-0.1, -0.05) is 17.7 Å². The number of aromatic nitrogens is 3. The van der Waals surface area contributed by atoms with Gasteiger partial charge in [0.05, 0.1) is 6.33 Å². The van der Waals surface area contributed by atoms with Gasteiger partial charge < -0.3 is 14.8 Å². The second-order valence-electron chi connectivity index (χ2n) is 6.55. The van der Waals surface area contributed by atoms with Crippen LogP contribution in [0.2, 0.25) is 5.02 Å². The molecule has 2 aromatic heterocycles. The van der Waals surface area contributed by atoms with Gasteiger partial charge >= 0.3 is 6.03 Å². The van der Waals surface area contributed by atoms with E-state index in [1.165, 1.54) is 0 Å². The lowest BCUT2D eigenvalue weighted by molar-refractivity contribution is 0.144. The van der Waals surface area contributed by atoms with Gasteiger partial charge in [-0.3, -0.25) is 4.90 Å². The van der Waals surface area contributed by atoms with Crippen LogP contribution in [0.25, 0.3) is 11.2 Å². The maximum absolute atomic E-state index is 12.4. The molecule has 1 N–H and O–H groups in total. The van der Waals surface area contributed by atoms with Crippen LogP contribution in [0.1, 0.15) is 0 Å². The monoisotopic (exact) mass is 384 g/mol. The molecule has 27 heavy (non-hydrogen) atoms. The molecule has 1 aliphatic heterocycles. The van der Waals surface area contributed by atoms with Crippen LogP contribution in [0.15, 0.2) is 48.9 Å². The van der Waals surface area contributed by atoms with Crippen molar-refractivity contribution in [2.24, 2.45) is 0 Å². The van der Waals surface area contributed by atoms with E-state index in [4.69, 9.17) is 11.6 Å². The van der Waals surface area contributed by atoms with E-state index in [0.717, 1.165) is 43.0 Å². The van der Waals surface area contributed by atoms with Gasteiger partial charge in [-0.15, -0.1) is 0 Å². The summed E-state index contributed by atoms with van der Waals surface area (Å²) in [6, 6.07) is 11.0. The molecule has 7 nitrogen and oxygen atoms in total. The number of carbonyl (C=O) groups is 1. The van der Waals surface area contributed by atoms with Gasteiger partial charge in [-0.05, 0) is 30.3 Å². The lowest BCUT2D eigenvalue weighted by Crippen LogP contribution is -2.50. The predicted molar refractivity (Wildman–Crippen MR) is 106 cm³/mol. The molecule has 0 aliphatic carbocycles. The normalized spacial score (nSPS) is 15.2. The number of pyridine rings is 1. The zero-order valence-electron chi connectivity index (χ0n) is 14.9. The highest BCUT2D eigenvalue weighted by atomic mass is 35.5. The largest absolute Gasteiger partial charge is 0.322 e. The molecule has 4 rings (SSSR count). The number of amides is 2. The van der Waals surface area contributed by atoms with E-state index in [1.807, 2.05) is 35.5 Å². The van der Waals surface area contributed by atoms with Crippen LogP contribution in [0.4, 0.5) is 10.5 Å². The first-order valence-electron chi connectivity index (χ1n) is 8.99. The Labute approximate surface area is 162 Å². The SMILES string of the molecule is O=C(Nc1cccc(Cl)c1)N1CCN(CCn2cnc3cccnc32)CC1. The average Bonchev–Trinajstić information content (AvgIpc) is 3.10. The van der Waals surface area contributed by atoms with E-state index < -0.39 is 0 Å². The van der Waals surface area contributed by atoms with Crippen molar-refractivity contribution in [2.45, 2.75) is 6.54 Å². The van der Waals surface area contributed by atoms with E-state index in [-0.39, 0.29) is 6.03 Å². The highest BCUT2D eigenvalue weighted by Gasteiger charge is 2.21. The number of piperazine rings is 1. The van der Waals surface area contributed by atoms with Crippen LogP contribution in [-0.2, 0) is 6.54 Å². The molecule has 0 unspecified atom stereocenters. The molecule has 0 saturated carbocycles. The fraction of sp³-hybridized carbons (Fsp3) is 0.316. The van der Waals surface area contributed by atoms with Crippen molar-refractivity contribution in [1.82, 2.24) is 24.3 Å². The van der Waals surface area contributed by atoms with Crippen molar-refractivity contribution in [2.75, 3.05) is 38.0 Å². The molecule has 0 radical (unpaired) electrons. The molecule has 8 heteroatoms. The summed E-state index contributed by atoms with van der Waals surface area (Å²) in [4.78, 5) is 25.4. The molecular formula is C19H21ClN6O. The summed E-state index contributed by atoms with van der Waals surface area (Å²) in [7, 11) is 0. The van der Waals surface area contributed by atoms with Gasteiger partial charge in [0.1, 0.15) is 5.52 Å². The van der Waals surface area contributed by atoms with Crippen LogP contribution >= 0.6 is 11.6 Å². The highest BCUT2D eigenvalue weighted by Crippen LogP contribution is 2.16. The van der Waals surface area contributed by atoms with Gasteiger partial charge in [0.2, 0.25) is 0 Å². The summed E-state index contributed by atoms with van der Waals surface area (Å²) >= 11 is 5.96. The molecule has 1 aromatic carbocycles. The Morgan fingerprint density at radius 3 is 2.74 bits per heavy atom. The lowest BCUT2D eigenvalue weighted by atomic mass is 10.3. The number of imidazole rings is 1. The number of hydrogen-bond acceptors (Lipinski definition) is 4. The number of benzene rings is 1. The maximum Gasteiger partial charge on any atom is 0.321 e. The molecule has 0 atom stereocenters. The summed E-state index contributed by atoms with van der Waals surface area (Å²) in [6.45, 7) is 4.85. The number of urea groups is 1. The van der Waals surface area contributed by atoms with Gasteiger partial charge in [0, 0.05) is 56.2 Å². The summed E-state index contributed by atoms with van der Waals surface area (Å²) in [5.41, 5.74) is 2.55. The van der Waals surface area contributed by atoms with E-state index in [0.29, 0.717) is 18.1 Å². The Morgan fingerprint density at radius 2 is 1.93 bits per heavy atom. The van der Waals surface area contributed by atoms with E-state index in [9.17, 15) is 4.79 Å². The van der Waals surface area contributed by atoms with Crippen molar-refractivity contribution in [3.63, 3.8) is 0 Å². The van der Waals surface area contributed by atoms with Gasteiger partial charge in [0.25, 0.3) is 0 Å². The van der Waals surface area contributed by atoms with Gasteiger partial charge in [-0.2, -0.15) is 0 Å². The Hall–Kier alpha value is -2.64. The zero-order valence-corrected chi connectivity index (χ0v) is 15.6. The third kappa shape index (κ3) is 4.20. The molecule has 0 bridgehead atoms. The third-order valence-electron chi connectivity index (χ3n) is 4.77. The van der Waals surface area contributed by atoms with E-state index in [1.54, 1.807) is 18.3 Å². The zero-order chi connectivity index (χ0) is 18.6. The number of nitrogens with one attached hydrogen (secondary N) is 1. The second-order valence-corrected chi connectivity index (χ2v) is 6.99. The fourth-order valence-electron chi connectivity index (χ4n) is 3.25. The maximum atomic E-state index is 12.4. The molecule has 1 fully saturated rings. The quantitative estimate of drug-likeness (QED) is 0.751. The Kier molecular flexibility index (Phi) is 5.22. The first-order valence-corrected chi connectivity index (χ1v) is 9.36. The molecular weight excluding hydrogens is 364 g/mol. The first kappa shape index (κ1) is 17.8. The highest BCUT2D eigenvalue weighted by molar-refractivity contribution is 6.30. The Balaban J connectivity index is 1.27. The number of carbonyl (C=O) groups excluding carboxylic acids is 1. The Bertz CT molecular complexity index is 935. The summed E-state index contributed by atoms with van der Waals surface area (Å²) in [6.07, 6.45) is 3.63. The van der Waals surface area contributed by atoms with Crippen molar-refractivity contribution in [3.8, 4) is 0 Å². The molecule has 0 spiro atoms. The standard InChI is InChI=1S/C19H21ClN6O/c20-15-3-1-4-16(13-15)23-19(27)25-10-7-24(8-11-25)9-12-26-14-22-17-5-2-6-21-18(17)26/h1-6,13-14H,7-12H2,(H,23,27). The smallest absolute Gasteiger partial charge is 0.321 e. The third-order valence-corrected chi connectivity index (χ3v) is 5.00. The van der Waals surface area contributed by atoms with Crippen LogP contribution in [0.3, 0.4) is 0 Å². The van der Waals surface area contributed by atoms with E-state index in [2.05, 4.69) is 24.8 Å². The average molecular weight is 385 g/mol. The number of anilines is 1. The molecule has 1 aliphatic rings. The van der Waals surface area contributed by atoms with Crippen LogP contribution in [-0.4, -0.2) is 63.1 Å². The first-order chi connectivity index (χ1) is 13.2. The summed E-state index contributed by atoms with van der Waals surface area (Å²) in [5.74, 6) is 0. The number of nitrogens with zero attached hydrogens (tertiary/aromatic N) is 5. The van der Waals surface area contributed by atoms with Crippen LogP contribution < -0.4 is 5.32 Å². The summed E-state index contributed by atoms with van der Waals surface area (Å²) < 4.78 is 2.08. The van der Waals surface area contributed by atoms with Gasteiger partial charge in [-0.25, -0.2) is 14.8 Å². The number of halogens is 1. The topological polar surface area (TPSA) is 66.3 Å². The minimum Gasteiger partial charge on any atom is -0.322 e. The molecule has 1 saturated heterocycles. The van der Waals surface area contributed by atoms with Crippen LogP contribution in [0.5, 0.6) is 0 Å². The lowest BCUT2D eigenvalue weighted by Gasteiger charge is -2.34. The van der Waals surface area contributed by atoms with Crippen molar-refractivity contribution in [1.29, 1.82) is 0 Å².